The minimum absolute atomic E-state index is 0.400. The Morgan fingerprint density at radius 1 is 1.91 bits per heavy atom. The van der Waals surface area contributed by atoms with Crippen LogP contribution in [-0.2, 0) is 0 Å². The molecule has 0 spiro atoms. The van der Waals surface area contributed by atoms with E-state index in [1.54, 1.807) is 4.90 Å². The van der Waals surface area contributed by atoms with Crippen molar-refractivity contribution in [3.05, 3.63) is 10.1 Å². The lowest BCUT2D eigenvalue weighted by Crippen LogP contribution is -2.43. The molecule has 0 bridgehead atoms. The summed E-state index contributed by atoms with van der Waals surface area (Å²) in [5.74, 6) is 0. The maximum Gasteiger partial charge on any atom is 0.381 e. The molecule has 1 N–H and O–H groups in total. The lowest BCUT2D eigenvalue weighted by molar-refractivity contribution is -0.549. The first-order valence-electron chi connectivity index (χ1n) is 3.43. The van der Waals surface area contributed by atoms with Crippen molar-refractivity contribution in [3.63, 3.8) is 0 Å². The van der Waals surface area contributed by atoms with E-state index in [0.29, 0.717) is 6.54 Å². The summed E-state index contributed by atoms with van der Waals surface area (Å²) in [6.45, 7) is 2.62. The van der Waals surface area contributed by atoms with Crippen LogP contribution in [0.2, 0.25) is 0 Å². The molecule has 0 fully saturated rings. The maximum absolute atomic E-state index is 10.3. The van der Waals surface area contributed by atoms with E-state index in [-0.39, 0.29) is 0 Å². The topological polar surface area (TPSA) is 70.8 Å². The summed E-state index contributed by atoms with van der Waals surface area (Å²) in [6, 6.07) is 0. The molecule has 0 aliphatic carbocycles. The van der Waals surface area contributed by atoms with Gasteiger partial charge in [-0.3, -0.25) is 15.0 Å². The van der Waals surface area contributed by atoms with Crippen molar-refractivity contribution in [1.29, 1.82) is 0 Å². The van der Waals surface area contributed by atoms with E-state index in [2.05, 4.69) is 10.5 Å². The predicted molar refractivity (Wildman–Crippen MR) is 39.4 cm³/mol. The Morgan fingerprint density at radius 3 is 3.18 bits per heavy atom. The molecule has 1 unspecified atom stereocenters. The molecule has 11 heavy (non-hydrogen) atoms. The highest BCUT2D eigenvalue weighted by Crippen LogP contribution is 2.00. The second-order valence-electron chi connectivity index (χ2n) is 2.27. The number of nitrogens with one attached hydrogen (secondary N) is 1. The van der Waals surface area contributed by atoms with Crippen LogP contribution in [0.4, 0.5) is 0 Å². The van der Waals surface area contributed by atoms with Gasteiger partial charge in [-0.2, -0.15) is 5.10 Å². The quantitative estimate of drug-likeness (QED) is 0.456. The molecule has 1 heterocycles. The van der Waals surface area contributed by atoms with Gasteiger partial charge in [-0.15, -0.1) is 0 Å². The highest BCUT2D eigenvalue weighted by atomic mass is 16.6. The van der Waals surface area contributed by atoms with E-state index in [0.717, 1.165) is 6.42 Å². The largest absolute Gasteiger partial charge is 0.381 e. The van der Waals surface area contributed by atoms with Crippen LogP contribution in [0.15, 0.2) is 5.10 Å². The molecule has 0 aromatic carbocycles. The third-order valence-electron chi connectivity index (χ3n) is 1.39. The van der Waals surface area contributed by atoms with Crippen LogP contribution in [0.1, 0.15) is 13.3 Å². The average Bonchev–Trinajstić information content (AvgIpc) is 2.36. The minimum atomic E-state index is -0.866. The monoisotopic (exact) mass is 158 g/mol. The van der Waals surface area contributed by atoms with Crippen molar-refractivity contribution in [3.8, 4) is 0 Å². The molecule has 62 valence electrons. The van der Waals surface area contributed by atoms with Crippen LogP contribution in [0.25, 0.3) is 0 Å². The Bertz CT molecular complexity index is 181. The molecule has 0 radical (unpaired) electrons. The van der Waals surface area contributed by atoms with Gasteiger partial charge in [-0.1, -0.05) is 6.92 Å². The molecular weight excluding hydrogens is 148 g/mol. The SMILES string of the molecule is CCCN1C=NNC1[N+](=O)[O-]. The summed E-state index contributed by atoms with van der Waals surface area (Å²) in [7, 11) is 0. The molecule has 6 nitrogen and oxygen atoms in total. The lowest BCUT2D eigenvalue weighted by Gasteiger charge is -2.14. The Labute approximate surface area is 64.0 Å². The summed E-state index contributed by atoms with van der Waals surface area (Å²) in [4.78, 5) is 11.5. The molecule has 0 aromatic rings. The van der Waals surface area contributed by atoms with Crippen molar-refractivity contribution in [2.45, 2.75) is 19.6 Å². The van der Waals surface area contributed by atoms with Crippen molar-refractivity contribution >= 4 is 6.34 Å². The Morgan fingerprint density at radius 2 is 2.64 bits per heavy atom. The van der Waals surface area contributed by atoms with Crippen LogP contribution < -0.4 is 5.43 Å². The second kappa shape index (κ2) is 3.18. The van der Waals surface area contributed by atoms with Gasteiger partial charge in [-0.05, 0) is 6.42 Å². The number of nitrogens with zero attached hydrogens (tertiary/aromatic N) is 3. The lowest BCUT2D eigenvalue weighted by atomic mass is 10.4. The van der Waals surface area contributed by atoms with Crippen LogP contribution >= 0.6 is 0 Å². The number of hydrazone groups is 1. The second-order valence-corrected chi connectivity index (χ2v) is 2.27. The molecule has 1 atom stereocenters. The van der Waals surface area contributed by atoms with E-state index in [1.807, 2.05) is 6.92 Å². The highest BCUT2D eigenvalue weighted by Gasteiger charge is 2.28. The third kappa shape index (κ3) is 1.57. The van der Waals surface area contributed by atoms with E-state index >= 15 is 0 Å². The van der Waals surface area contributed by atoms with E-state index in [9.17, 15) is 10.1 Å². The normalized spacial score (nSPS) is 21.9. The standard InChI is InChI=1S/C5H10N4O2/c1-2-3-8-4-6-7-5(8)9(10)11/h4-5,7H,2-3H2,1H3. The smallest absolute Gasteiger partial charge is 0.279 e. The van der Waals surface area contributed by atoms with Gasteiger partial charge in [0.2, 0.25) is 0 Å². The molecule has 0 saturated carbocycles. The molecule has 1 aliphatic heterocycles. The highest BCUT2D eigenvalue weighted by molar-refractivity contribution is 5.56. The zero-order valence-electron chi connectivity index (χ0n) is 6.23. The number of hydrogen-bond donors (Lipinski definition) is 1. The fourth-order valence-electron chi connectivity index (χ4n) is 0.918. The van der Waals surface area contributed by atoms with Gasteiger partial charge in [0.05, 0.1) is 4.92 Å². The van der Waals surface area contributed by atoms with Gasteiger partial charge in [-0.25, -0.2) is 5.43 Å². The van der Waals surface area contributed by atoms with E-state index < -0.39 is 11.2 Å². The molecule has 0 saturated heterocycles. The van der Waals surface area contributed by atoms with Crippen molar-refractivity contribution < 1.29 is 4.92 Å². The predicted octanol–water partition coefficient (Wildman–Crippen LogP) is -0.195. The summed E-state index contributed by atoms with van der Waals surface area (Å²) in [5, 5.41) is 13.9. The molecule has 1 rings (SSSR count). The zero-order valence-corrected chi connectivity index (χ0v) is 6.23. The Kier molecular flexibility index (Phi) is 2.25. The number of nitro groups is 1. The first kappa shape index (κ1) is 7.77. The molecule has 0 amide bonds. The molecular formula is C5H10N4O2. The fourth-order valence-corrected chi connectivity index (χ4v) is 0.918. The fraction of sp³-hybridized carbons (Fsp3) is 0.800. The van der Waals surface area contributed by atoms with E-state index in [4.69, 9.17) is 0 Å². The van der Waals surface area contributed by atoms with Crippen LogP contribution in [0.5, 0.6) is 0 Å². The van der Waals surface area contributed by atoms with Crippen molar-refractivity contribution in [2.75, 3.05) is 6.54 Å². The Balaban J connectivity index is 2.49. The zero-order chi connectivity index (χ0) is 8.27. The van der Waals surface area contributed by atoms with Gasteiger partial charge in [0.1, 0.15) is 6.34 Å². The first-order valence-corrected chi connectivity index (χ1v) is 3.43. The summed E-state index contributed by atoms with van der Waals surface area (Å²) < 4.78 is 0. The maximum atomic E-state index is 10.3. The number of rotatable bonds is 3. The molecule has 0 aromatic heterocycles. The summed E-state index contributed by atoms with van der Waals surface area (Å²) in [6.07, 6.45) is 1.46. The molecule has 1 aliphatic rings. The van der Waals surface area contributed by atoms with Crippen LogP contribution in [0, 0.1) is 10.1 Å². The minimum Gasteiger partial charge on any atom is -0.279 e. The van der Waals surface area contributed by atoms with Gasteiger partial charge in [0.15, 0.2) is 0 Å². The van der Waals surface area contributed by atoms with Gasteiger partial charge in [0, 0.05) is 6.54 Å². The molecule has 6 heteroatoms. The number of hydrogen-bond acceptors (Lipinski definition) is 5. The van der Waals surface area contributed by atoms with Gasteiger partial charge < -0.3 is 0 Å². The van der Waals surface area contributed by atoms with Crippen LogP contribution in [0.3, 0.4) is 0 Å². The first-order chi connectivity index (χ1) is 5.25. The summed E-state index contributed by atoms with van der Waals surface area (Å²) >= 11 is 0. The Hall–Kier alpha value is -1.33. The van der Waals surface area contributed by atoms with Gasteiger partial charge in [0.25, 0.3) is 0 Å². The van der Waals surface area contributed by atoms with Crippen molar-refractivity contribution in [1.82, 2.24) is 10.3 Å². The van der Waals surface area contributed by atoms with Crippen molar-refractivity contribution in [2.24, 2.45) is 5.10 Å². The van der Waals surface area contributed by atoms with E-state index in [1.165, 1.54) is 6.34 Å². The third-order valence-corrected chi connectivity index (χ3v) is 1.39. The van der Waals surface area contributed by atoms with Gasteiger partial charge >= 0.3 is 6.29 Å². The summed E-state index contributed by atoms with van der Waals surface area (Å²) in [5.41, 5.74) is 2.39. The van der Waals surface area contributed by atoms with Crippen LogP contribution in [-0.4, -0.2) is 29.0 Å². The average molecular weight is 158 g/mol.